The van der Waals surface area contributed by atoms with Crippen LogP contribution in [0, 0.1) is 9.39 Å². The second-order valence-electron chi connectivity index (χ2n) is 5.27. The summed E-state index contributed by atoms with van der Waals surface area (Å²) in [5, 5.41) is 0.421. The molecule has 5 heteroatoms. The molecular formula is C19H14ClFINO. The minimum absolute atomic E-state index is 0.386. The van der Waals surface area contributed by atoms with Gasteiger partial charge in [-0.2, -0.15) is 0 Å². The lowest BCUT2D eigenvalue weighted by Gasteiger charge is -2.11. The van der Waals surface area contributed by atoms with E-state index in [1.54, 1.807) is 24.3 Å². The molecule has 3 aromatic rings. The Hall–Kier alpha value is -1.79. The van der Waals surface area contributed by atoms with Gasteiger partial charge in [0.1, 0.15) is 18.2 Å². The molecule has 0 amide bonds. The van der Waals surface area contributed by atoms with Crippen LogP contribution in [-0.2, 0) is 6.61 Å². The van der Waals surface area contributed by atoms with Crippen LogP contribution in [0.25, 0.3) is 11.1 Å². The summed E-state index contributed by atoms with van der Waals surface area (Å²) in [7, 11) is 0. The Bertz CT molecular complexity index is 871. The molecule has 0 radical (unpaired) electrons. The van der Waals surface area contributed by atoms with Gasteiger partial charge in [-0.25, -0.2) is 4.39 Å². The van der Waals surface area contributed by atoms with Gasteiger partial charge in [0.25, 0.3) is 0 Å². The van der Waals surface area contributed by atoms with Crippen LogP contribution in [0.5, 0.6) is 5.75 Å². The quantitative estimate of drug-likeness (QED) is 0.394. The van der Waals surface area contributed by atoms with Crippen molar-refractivity contribution in [3.63, 3.8) is 0 Å². The Kier molecular flexibility index (Phi) is 5.26. The lowest BCUT2D eigenvalue weighted by atomic mass is 10.0. The number of nitrogen functional groups attached to an aromatic ring is 1. The maximum atomic E-state index is 14.5. The minimum Gasteiger partial charge on any atom is -0.489 e. The van der Waals surface area contributed by atoms with Gasteiger partial charge >= 0.3 is 0 Å². The van der Waals surface area contributed by atoms with Crippen LogP contribution in [0.15, 0.2) is 60.7 Å². The first-order chi connectivity index (χ1) is 11.5. The average molecular weight is 454 g/mol. The van der Waals surface area contributed by atoms with Gasteiger partial charge < -0.3 is 10.5 Å². The predicted molar refractivity (Wildman–Crippen MR) is 105 cm³/mol. The number of nitrogens with two attached hydrogens (primary N) is 1. The van der Waals surface area contributed by atoms with Crippen LogP contribution < -0.4 is 10.5 Å². The molecule has 3 aromatic carbocycles. The van der Waals surface area contributed by atoms with E-state index in [0.717, 1.165) is 9.13 Å². The van der Waals surface area contributed by atoms with Crippen LogP contribution in [0.1, 0.15) is 5.56 Å². The van der Waals surface area contributed by atoms with E-state index in [4.69, 9.17) is 22.1 Å². The van der Waals surface area contributed by atoms with E-state index >= 15 is 0 Å². The molecule has 2 N–H and O–H groups in total. The van der Waals surface area contributed by atoms with Gasteiger partial charge in [0.2, 0.25) is 0 Å². The van der Waals surface area contributed by atoms with E-state index in [1.165, 1.54) is 6.07 Å². The van der Waals surface area contributed by atoms with Crippen molar-refractivity contribution in [2.45, 2.75) is 6.61 Å². The summed E-state index contributed by atoms with van der Waals surface area (Å²) in [5.74, 6) is 0.0874. The second kappa shape index (κ2) is 7.40. The van der Waals surface area contributed by atoms with Crippen molar-refractivity contribution in [3.05, 3.63) is 80.6 Å². The monoisotopic (exact) mass is 453 g/mol. The Labute approximate surface area is 158 Å². The van der Waals surface area contributed by atoms with E-state index < -0.39 is 0 Å². The first kappa shape index (κ1) is 17.0. The molecule has 2 nitrogen and oxygen atoms in total. The minimum atomic E-state index is -0.386. The summed E-state index contributed by atoms with van der Waals surface area (Å²) >= 11 is 8.31. The Morgan fingerprint density at radius 2 is 1.75 bits per heavy atom. The third kappa shape index (κ3) is 3.82. The highest BCUT2D eigenvalue weighted by atomic mass is 127. The molecule has 0 saturated heterocycles. The Balaban J connectivity index is 1.84. The smallest absolute Gasteiger partial charge is 0.134 e. The molecule has 0 aromatic heterocycles. The largest absolute Gasteiger partial charge is 0.489 e. The Morgan fingerprint density at radius 3 is 2.46 bits per heavy atom. The van der Waals surface area contributed by atoms with Crippen molar-refractivity contribution >= 4 is 39.9 Å². The van der Waals surface area contributed by atoms with Gasteiger partial charge in [-0.1, -0.05) is 41.9 Å². The standard InChI is InChI=1S/C19H14ClFINO/c20-16-10-19(23)18(22)9-15(16)14-7-6-13(8-17(14)21)24-11-12-4-2-1-3-5-12/h1-10H,11,23H2. The van der Waals surface area contributed by atoms with Crippen molar-refractivity contribution in [2.75, 3.05) is 5.73 Å². The van der Waals surface area contributed by atoms with E-state index in [9.17, 15) is 4.39 Å². The zero-order valence-electron chi connectivity index (χ0n) is 12.6. The van der Waals surface area contributed by atoms with E-state index in [0.29, 0.717) is 34.2 Å². The summed E-state index contributed by atoms with van der Waals surface area (Å²) < 4.78 is 21.0. The van der Waals surface area contributed by atoms with Crippen LogP contribution in [0.3, 0.4) is 0 Å². The maximum Gasteiger partial charge on any atom is 0.134 e. The fourth-order valence-electron chi connectivity index (χ4n) is 2.31. The van der Waals surface area contributed by atoms with Gasteiger partial charge in [0.15, 0.2) is 0 Å². The Morgan fingerprint density at radius 1 is 1.00 bits per heavy atom. The number of rotatable bonds is 4. The van der Waals surface area contributed by atoms with Crippen molar-refractivity contribution in [2.24, 2.45) is 0 Å². The van der Waals surface area contributed by atoms with Gasteiger partial charge in [0.05, 0.1) is 5.02 Å². The molecule has 0 fully saturated rings. The second-order valence-corrected chi connectivity index (χ2v) is 6.84. The first-order valence-electron chi connectivity index (χ1n) is 7.26. The lowest BCUT2D eigenvalue weighted by molar-refractivity contribution is 0.304. The number of ether oxygens (including phenoxy) is 1. The van der Waals surface area contributed by atoms with Gasteiger partial charge in [0, 0.05) is 26.5 Å². The molecule has 0 spiro atoms. The molecule has 0 bridgehead atoms. The molecule has 0 aliphatic heterocycles. The summed E-state index contributed by atoms with van der Waals surface area (Å²) in [5.41, 5.74) is 8.46. The normalized spacial score (nSPS) is 10.6. The predicted octanol–water partition coefficient (Wildman–Crippen LogP) is 5.91. The highest BCUT2D eigenvalue weighted by Gasteiger charge is 2.12. The molecule has 0 aliphatic carbocycles. The first-order valence-corrected chi connectivity index (χ1v) is 8.71. The maximum absolute atomic E-state index is 14.5. The number of hydrogen-bond acceptors (Lipinski definition) is 2. The van der Waals surface area contributed by atoms with Crippen LogP contribution in [0.2, 0.25) is 5.02 Å². The number of halogens is 3. The van der Waals surface area contributed by atoms with Crippen LogP contribution in [0.4, 0.5) is 10.1 Å². The van der Waals surface area contributed by atoms with Crippen LogP contribution >= 0.6 is 34.2 Å². The van der Waals surface area contributed by atoms with E-state index in [2.05, 4.69) is 22.6 Å². The molecule has 0 aliphatic rings. The highest BCUT2D eigenvalue weighted by molar-refractivity contribution is 14.1. The van der Waals surface area contributed by atoms with Crippen LogP contribution in [-0.4, -0.2) is 0 Å². The molecule has 0 saturated carbocycles. The summed E-state index contributed by atoms with van der Waals surface area (Å²) in [6.07, 6.45) is 0. The topological polar surface area (TPSA) is 35.2 Å². The van der Waals surface area contributed by atoms with Gasteiger partial charge in [-0.15, -0.1) is 0 Å². The summed E-state index contributed by atoms with van der Waals surface area (Å²) in [4.78, 5) is 0. The summed E-state index contributed by atoms with van der Waals surface area (Å²) in [6.45, 7) is 0.389. The average Bonchev–Trinajstić information content (AvgIpc) is 2.58. The molecule has 122 valence electrons. The highest BCUT2D eigenvalue weighted by Crippen LogP contribution is 2.35. The molecule has 24 heavy (non-hydrogen) atoms. The fourth-order valence-corrected chi connectivity index (χ4v) is 3.05. The third-order valence-corrected chi connectivity index (χ3v) is 4.81. The lowest BCUT2D eigenvalue weighted by Crippen LogP contribution is -1.97. The fraction of sp³-hybridized carbons (Fsp3) is 0.0526. The van der Waals surface area contributed by atoms with E-state index in [-0.39, 0.29) is 5.82 Å². The number of benzene rings is 3. The third-order valence-electron chi connectivity index (χ3n) is 3.57. The van der Waals surface area contributed by atoms with E-state index in [1.807, 2.05) is 30.3 Å². The molecule has 0 heterocycles. The number of hydrogen-bond donors (Lipinski definition) is 1. The van der Waals surface area contributed by atoms with Crippen molar-refractivity contribution in [1.29, 1.82) is 0 Å². The SMILES string of the molecule is Nc1cc(Cl)c(-c2ccc(OCc3ccccc3)cc2F)cc1I. The molecular weight excluding hydrogens is 440 g/mol. The zero-order valence-corrected chi connectivity index (χ0v) is 15.5. The van der Waals surface area contributed by atoms with Gasteiger partial charge in [-0.3, -0.25) is 0 Å². The summed E-state index contributed by atoms with van der Waals surface area (Å²) in [6, 6.07) is 17.9. The molecule has 3 rings (SSSR count). The zero-order chi connectivity index (χ0) is 17.1. The molecule has 0 unspecified atom stereocenters. The number of anilines is 1. The molecule has 0 atom stereocenters. The van der Waals surface area contributed by atoms with Gasteiger partial charge in [-0.05, 0) is 52.4 Å². The van der Waals surface area contributed by atoms with Crippen molar-refractivity contribution < 1.29 is 9.13 Å². The van der Waals surface area contributed by atoms with Crippen molar-refractivity contribution in [3.8, 4) is 16.9 Å². The van der Waals surface area contributed by atoms with Crippen molar-refractivity contribution in [1.82, 2.24) is 0 Å².